The Morgan fingerprint density at radius 3 is 2.67 bits per heavy atom. The average molecular weight is 165 g/mol. The molecule has 0 bridgehead atoms. The van der Waals surface area contributed by atoms with Crippen LogP contribution in [0, 0.1) is 0 Å². The molecule has 1 heterocycles. The molecule has 1 aromatic heterocycles. The van der Waals surface area contributed by atoms with Gasteiger partial charge in [-0.2, -0.15) is 0 Å². The van der Waals surface area contributed by atoms with Gasteiger partial charge in [0.2, 0.25) is 0 Å². The SMILES string of the molecule is CCC(C)(C)c1ccc[nH]c1=O. The van der Waals surface area contributed by atoms with Crippen LogP contribution in [0.25, 0.3) is 0 Å². The van der Waals surface area contributed by atoms with Gasteiger partial charge in [-0.25, -0.2) is 0 Å². The van der Waals surface area contributed by atoms with Gasteiger partial charge in [-0.15, -0.1) is 0 Å². The zero-order valence-electron chi connectivity index (χ0n) is 7.85. The topological polar surface area (TPSA) is 32.9 Å². The van der Waals surface area contributed by atoms with Crippen molar-refractivity contribution in [1.82, 2.24) is 4.98 Å². The first-order valence-corrected chi connectivity index (χ1v) is 4.26. The predicted octanol–water partition coefficient (Wildman–Crippen LogP) is 2.06. The van der Waals surface area contributed by atoms with Crippen molar-refractivity contribution in [3.63, 3.8) is 0 Å². The molecule has 1 N–H and O–H groups in total. The highest BCUT2D eigenvalue weighted by atomic mass is 16.1. The molecule has 0 radical (unpaired) electrons. The number of hydrogen-bond acceptors (Lipinski definition) is 1. The minimum absolute atomic E-state index is 0.0190. The van der Waals surface area contributed by atoms with E-state index in [-0.39, 0.29) is 11.0 Å². The van der Waals surface area contributed by atoms with Gasteiger partial charge in [-0.05, 0) is 17.9 Å². The summed E-state index contributed by atoms with van der Waals surface area (Å²) >= 11 is 0. The summed E-state index contributed by atoms with van der Waals surface area (Å²) in [5, 5.41) is 0. The van der Waals surface area contributed by atoms with Crippen LogP contribution in [-0.4, -0.2) is 4.98 Å². The third kappa shape index (κ3) is 1.58. The largest absolute Gasteiger partial charge is 0.329 e. The van der Waals surface area contributed by atoms with E-state index in [4.69, 9.17) is 0 Å². The molecule has 2 nitrogen and oxygen atoms in total. The molecule has 66 valence electrons. The van der Waals surface area contributed by atoms with Gasteiger partial charge in [-0.1, -0.05) is 26.8 Å². The monoisotopic (exact) mass is 165 g/mol. The van der Waals surface area contributed by atoms with E-state index >= 15 is 0 Å². The van der Waals surface area contributed by atoms with E-state index in [0.717, 1.165) is 12.0 Å². The van der Waals surface area contributed by atoms with Gasteiger partial charge in [0.15, 0.2) is 0 Å². The van der Waals surface area contributed by atoms with Crippen molar-refractivity contribution < 1.29 is 0 Å². The van der Waals surface area contributed by atoms with E-state index < -0.39 is 0 Å². The molecule has 0 saturated carbocycles. The van der Waals surface area contributed by atoms with Gasteiger partial charge < -0.3 is 4.98 Å². The third-order valence-corrected chi connectivity index (χ3v) is 2.43. The van der Waals surface area contributed by atoms with Crippen molar-refractivity contribution in [3.05, 3.63) is 34.2 Å². The molecular weight excluding hydrogens is 150 g/mol. The highest BCUT2D eigenvalue weighted by Crippen LogP contribution is 2.22. The van der Waals surface area contributed by atoms with Crippen molar-refractivity contribution in [1.29, 1.82) is 0 Å². The molecule has 0 saturated heterocycles. The quantitative estimate of drug-likeness (QED) is 0.715. The molecule has 0 amide bonds. The van der Waals surface area contributed by atoms with E-state index in [2.05, 4.69) is 25.8 Å². The summed E-state index contributed by atoms with van der Waals surface area (Å²) in [6.07, 6.45) is 2.64. The lowest BCUT2D eigenvalue weighted by Crippen LogP contribution is -2.25. The van der Waals surface area contributed by atoms with Crippen LogP contribution in [0.5, 0.6) is 0 Å². The second kappa shape index (κ2) is 3.13. The maximum Gasteiger partial charge on any atom is 0.251 e. The van der Waals surface area contributed by atoms with E-state index in [1.165, 1.54) is 0 Å². The Labute approximate surface area is 72.6 Å². The summed E-state index contributed by atoms with van der Waals surface area (Å²) in [5.74, 6) is 0. The molecule has 0 spiro atoms. The second-order valence-corrected chi connectivity index (χ2v) is 3.65. The standard InChI is InChI=1S/C10H15NO/c1-4-10(2,3)8-6-5-7-11-9(8)12/h5-7H,4H2,1-3H3,(H,11,12). The number of rotatable bonds is 2. The van der Waals surface area contributed by atoms with Crippen molar-refractivity contribution >= 4 is 0 Å². The van der Waals surface area contributed by atoms with Crippen LogP contribution in [0.15, 0.2) is 23.1 Å². The molecular formula is C10H15NO. The van der Waals surface area contributed by atoms with Crippen LogP contribution in [0.4, 0.5) is 0 Å². The zero-order chi connectivity index (χ0) is 9.19. The maximum absolute atomic E-state index is 11.4. The van der Waals surface area contributed by atoms with Gasteiger partial charge in [0, 0.05) is 11.8 Å². The fourth-order valence-corrected chi connectivity index (χ4v) is 1.14. The maximum atomic E-state index is 11.4. The van der Waals surface area contributed by atoms with Crippen LogP contribution in [0.3, 0.4) is 0 Å². The number of nitrogens with one attached hydrogen (secondary N) is 1. The molecule has 0 unspecified atom stereocenters. The fraction of sp³-hybridized carbons (Fsp3) is 0.500. The first-order chi connectivity index (χ1) is 5.58. The number of aromatic nitrogens is 1. The Bertz CT molecular complexity index is 312. The van der Waals surface area contributed by atoms with Crippen LogP contribution in [0.2, 0.25) is 0 Å². The summed E-state index contributed by atoms with van der Waals surface area (Å²) in [7, 11) is 0. The van der Waals surface area contributed by atoms with E-state index in [0.29, 0.717) is 0 Å². The average Bonchev–Trinajstić information content (AvgIpc) is 2.05. The number of hydrogen-bond donors (Lipinski definition) is 1. The minimum atomic E-state index is -0.0190. The zero-order valence-corrected chi connectivity index (χ0v) is 7.85. The number of H-pyrrole nitrogens is 1. The Kier molecular flexibility index (Phi) is 2.36. The minimum Gasteiger partial charge on any atom is -0.329 e. The molecule has 0 fully saturated rings. The highest BCUT2D eigenvalue weighted by Gasteiger charge is 2.20. The number of aromatic amines is 1. The molecule has 0 atom stereocenters. The van der Waals surface area contributed by atoms with Gasteiger partial charge >= 0.3 is 0 Å². The smallest absolute Gasteiger partial charge is 0.251 e. The Morgan fingerprint density at radius 1 is 1.50 bits per heavy atom. The predicted molar refractivity (Wildman–Crippen MR) is 50.4 cm³/mol. The highest BCUT2D eigenvalue weighted by molar-refractivity contribution is 5.19. The molecule has 0 aliphatic rings. The van der Waals surface area contributed by atoms with E-state index in [9.17, 15) is 4.79 Å². The van der Waals surface area contributed by atoms with Crippen LogP contribution in [-0.2, 0) is 5.41 Å². The molecule has 0 aromatic carbocycles. The first kappa shape index (κ1) is 9.04. The van der Waals surface area contributed by atoms with E-state index in [1.54, 1.807) is 6.20 Å². The first-order valence-electron chi connectivity index (χ1n) is 4.26. The lowest BCUT2D eigenvalue weighted by molar-refractivity contribution is 0.500. The van der Waals surface area contributed by atoms with E-state index in [1.807, 2.05) is 12.1 Å². The Hall–Kier alpha value is -1.05. The van der Waals surface area contributed by atoms with Gasteiger partial charge in [0.1, 0.15) is 0 Å². The second-order valence-electron chi connectivity index (χ2n) is 3.65. The van der Waals surface area contributed by atoms with Crippen LogP contribution >= 0.6 is 0 Å². The van der Waals surface area contributed by atoms with Crippen molar-refractivity contribution in [2.45, 2.75) is 32.6 Å². The summed E-state index contributed by atoms with van der Waals surface area (Å²) < 4.78 is 0. The molecule has 0 aliphatic heterocycles. The molecule has 12 heavy (non-hydrogen) atoms. The Morgan fingerprint density at radius 2 is 2.17 bits per heavy atom. The normalized spacial score (nSPS) is 11.6. The molecule has 2 heteroatoms. The van der Waals surface area contributed by atoms with Crippen molar-refractivity contribution in [2.75, 3.05) is 0 Å². The summed E-state index contributed by atoms with van der Waals surface area (Å²) in [6.45, 7) is 6.25. The number of pyridine rings is 1. The fourth-order valence-electron chi connectivity index (χ4n) is 1.14. The third-order valence-electron chi connectivity index (χ3n) is 2.43. The van der Waals surface area contributed by atoms with Crippen molar-refractivity contribution in [2.24, 2.45) is 0 Å². The van der Waals surface area contributed by atoms with Gasteiger partial charge in [0.05, 0.1) is 0 Å². The molecule has 1 aromatic rings. The summed E-state index contributed by atoms with van der Waals surface area (Å²) in [4.78, 5) is 14.1. The van der Waals surface area contributed by atoms with Gasteiger partial charge in [0.25, 0.3) is 5.56 Å². The van der Waals surface area contributed by atoms with Crippen LogP contribution in [0.1, 0.15) is 32.8 Å². The lowest BCUT2D eigenvalue weighted by Gasteiger charge is -2.21. The summed E-state index contributed by atoms with van der Waals surface area (Å²) in [6, 6.07) is 3.76. The summed E-state index contributed by atoms with van der Waals surface area (Å²) in [5.41, 5.74) is 0.881. The molecule has 1 rings (SSSR count). The lowest BCUT2D eigenvalue weighted by atomic mass is 9.83. The van der Waals surface area contributed by atoms with Gasteiger partial charge in [-0.3, -0.25) is 4.79 Å². The van der Waals surface area contributed by atoms with Crippen molar-refractivity contribution in [3.8, 4) is 0 Å². The molecule has 0 aliphatic carbocycles. The van der Waals surface area contributed by atoms with Crippen LogP contribution < -0.4 is 5.56 Å². The Balaban J connectivity index is 3.20.